The highest BCUT2D eigenvalue weighted by atomic mass is 16.5. The van der Waals surface area contributed by atoms with Crippen molar-refractivity contribution in [2.24, 2.45) is 0 Å². The zero-order chi connectivity index (χ0) is 14.7. The molecule has 0 fully saturated rings. The fourth-order valence-corrected chi connectivity index (χ4v) is 2.33. The maximum Gasteiger partial charge on any atom is 0.128 e. The van der Waals surface area contributed by atoms with Crippen LogP contribution in [0.15, 0.2) is 54.6 Å². The number of benzene rings is 2. The summed E-state index contributed by atoms with van der Waals surface area (Å²) in [5.41, 5.74) is 3.27. The van der Waals surface area contributed by atoms with Crippen molar-refractivity contribution in [2.45, 2.75) is 13.5 Å². The van der Waals surface area contributed by atoms with Gasteiger partial charge >= 0.3 is 0 Å². The Morgan fingerprint density at radius 2 is 1.81 bits per heavy atom. The van der Waals surface area contributed by atoms with Crippen LogP contribution in [0.25, 0.3) is 10.9 Å². The second-order valence-electron chi connectivity index (χ2n) is 5.05. The van der Waals surface area contributed by atoms with E-state index in [2.05, 4.69) is 18.3 Å². The largest absolute Gasteiger partial charge is 0.457 e. The van der Waals surface area contributed by atoms with Crippen LogP contribution in [-0.4, -0.2) is 12.0 Å². The van der Waals surface area contributed by atoms with E-state index in [9.17, 15) is 0 Å². The van der Waals surface area contributed by atoms with Crippen LogP contribution < -0.4 is 10.1 Å². The summed E-state index contributed by atoms with van der Waals surface area (Å²) in [6.45, 7) is 2.87. The number of hydrogen-bond acceptors (Lipinski definition) is 3. The molecule has 21 heavy (non-hydrogen) atoms. The minimum Gasteiger partial charge on any atom is -0.457 e. The standard InChI is InChI=1S/C18H18N2O/c1-13-10-14-11-16(21-15-6-4-3-5-7-15)8-9-17(14)20-18(13)12-19-2/h3-11,19H,12H2,1-2H3. The van der Waals surface area contributed by atoms with Gasteiger partial charge in [-0.05, 0) is 55.9 Å². The van der Waals surface area contributed by atoms with Crippen LogP contribution in [0, 0.1) is 6.92 Å². The lowest BCUT2D eigenvalue weighted by Gasteiger charge is -2.09. The smallest absolute Gasteiger partial charge is 0.128 e. The van der Waals surface area contributed by atoms with Crippen molar-refractivity contribution in [3.8, 4) is 11.5 Å². The van der Waals surface area contributed by atoms with E-state index in [-0.39, 0.29) is 0 Å². The first-order chi connectivity index (χ1) is 10.3. The molecule has 0 saturated heterocycles. The Bertz CT molecular complexity index is 754. The van der Waals surface area contributed by atoms with Crippen molar-refractivity contribution in [3.63, 3.8) is 0 Å². The molecule has 3 rings (SSSR count). The van der Waals surface area contributed by atoms with Gasteiger partial charge in [-0.1, -0.05) is 18.2 Å². The fraction of sp³-hybridized carbons (Fsp3) is 0.167. The van der Waals surface area contributed by atoms with Gasteiger partial charge < -0.3 is 10.1 Å². The van der Waals surface area contributed by atoms with Gasteiger partial charge in [0.2, 0.25) is 0 Å². The van der Waals surface area contributed by atoms with E-state index in [1.54, 1.807) is 0 Å². The van der Waals surface area contributed by atoms with Crippen molar-refractivity contribution in [1.82, 2.24) is 10.3 Å². The molecule has 0 atom stereocenters. The molecule has 1 heterocycles. The average Bonchev–Trinajstić information content (AvgIpc) is 2.49. The lowest BCUT2D eigenvalue weighted by atomic mass is 10.1. The molecule has 0 amide bonds. The molecule has 1 aromatic heterocycles. The van der Waals surface area contributed by atoms with Crippen molar-refractivity contribution in [2.75, 3.05) is 7.05 Å². The average molecular weight is 278 g/mol. The predicted molar refractivity (Wildman–Crippen MR) is 85.8 cm³/mol. The first-order valence-corrected chi connectivity index (χ1v) is 7.04. The van der Waals surface area contributed by atoms with Gasteiger partial charge in [-0.3, -0.25) is 4.98 Å². The van der Waals surface area contributed by atoms with Crippen molar-refractivity contribution in [3.05, 3.63) is 65.9 Å². The summed E-state index contributed by atoms with van der Waals surface area (Å²) in [4.78, 5) is 4.69. The summed E-state index contributed by atoms with van der Waals surface area (Å²) in [5.74, 6) is 1.67. The molecule has 1 N–H and O–H groups in total. The minimum atomic E-state index is 0.782. The van der Waals surface area contributed by atoms with Gasteiger partial charge in [0.05, 0.1) is 11.2 Å². The summed E-state index contributed by atoms with van der Waals surface area (Å²) in [6, 6.07) is 18.0. The lowest BCUT2D eigenvalue weighted by molar-refractivity contribution is 0.483. The van der Waals surface area contributed by atoms with E-state index in [1.165, 1.54) is 5.56 Å². The number of pyridine rings is 1. The molecule has 2 aromatic carbocycles. The summed E-state index contributed by atoms with van der Waals surface area (Å²) in [5, 5.41) is 4.24. The first kappa shape index (κ1) is 13.6. The van der Waals surface area contributed by atoms with Crippen LogP contribution in [0.1, 0.15) is 11.3 Å². The summed E-state index contributed by atoms with van der Waals surface area (Å²) >= 11 is 0. The summed E-state index contributed by atoms with van der Waals surface area (Å²) in [7, 11) is 1.93. The molecule has 0 spiro atoms. The SMILES string of the molecule is CNCc1nc2ccc(Oc3ccccc3)cc2cc1C. The van der Waals surface area contributed by atoms with E-state index >= 15 is 0 Å². The number of rotatable bonds is 4. The molecular weight excluding hydrogens is 260 g/mol. The summed E-state index contributed by atoms with van der Waals surface area (Å²) in [6.07, 6.45) is 0. The van der Waals surface area contributed by atoms with Gasteiger partial charge in [0.25, 0.3) is 0 Å². The number of nitrogens with one attached hydrogen (secondary N) is 1. The van der Waals surface area contributed by atoms with Gasteiger partial charge in [0.1, 0.15) is 11.5 Å². The Morgan fingerprint density at radius 1 is 1.00 bits per heavy atom. The second kappa shape index (κ2) is 5.94. The normalized spacial score (nSPS) is 10.8. The maximum atomic E-state index is 5.86. The van der Waals surface area contributed by atoms with Gasteiger partial charge in [-0.2, -0.15) is 0 Å². The number of ether oxygens (including phenoxy) is 1. The van der Waals surface area contributed by atoms with Crippen molar-refractivity contribution in [1.29, 1.82) is 0 Å². The van der Waals surface area contributed by atoms with E-state index < -0.39 is 0 Å². The zero-order valence-electron chi connectivity index (χ0n) is 12.3. The number of aromatic nitrogens is 1. The molecule has 0 aliphatic rings. The Kier molecular flexibility index (Phi) is 3.84. The number of hydrogen-bond donors (Lipinski definition) is 1. The van der Waals surface area contributed by atoms with Crippen LogP contribution in [0.3, 0.4) is 0 Å². The molecule has 0 saturated carbocycles. The van der Waals surface area contributed by atoms with Crippen LogP contribution in [-0.2, 0) is 6.54 Å². The first-order valence-electron chi connectivity index (χ1n) is 7.04. The van der Waals surface area contributed by atoms with E-state index in [0.29, 0.717) is 0 Å². The van der Waals surface area contributed by atoms with Gasteiger partial charge in [-0.15, -0.1) is 0 Å². The van der Waals surface area contributed by atoms with Crippen LogP contribution >= 0.6 is 0 Å². The highest BCUT2D eigenvalue weighted by Crippen LogP contribution is 2.26. The molecule has 0 unspecified atom stereocenters. The highest BCUT2D eigenvalue weighted by molar-refractivity contribution is 5.81. The van der Waals surface area contributed by atoms with Crippen LogP contribution in [0.2, 0.25) is 0 Å². The van der Waals surface area contributed by atoms with Crippen molar-refractivity contribution >= 4 is 10.9 Å². The predicted octanol–water partition coefficient (Wildman–Crippen LogP) is 4.05. The Morgan fingerprint density at radius 3 is 2.57 bits per heavy atom. The topological polar surface area (TPSA) is 34.2 Å². The number of aryl methyl sites for hydroxylation is 1. The van der Waals surface area contributed by atoms with Gasteiger partial charge in [0, 0.05) is 11.9 Å². The number of nitrogens with zero attached hydrogens (tertiary/aromatic N) is 1. The molecule has 106 valence electrons. The molecule has 0 aliphatic carbocycles. The van der Waals surface area contributed by atoms with Gasteiger partial charge in [0.15, 0.2) is 0 Å². The summed E-state index contributed by atoms with van der Waals surface area (Å²) < 4.78 is 5.86. The third kappa shape index (κ3) is 3.03. The quantitative estimate of drug-likeness (QED) is 0.781. The minimum absolute atomic E-state index is 0.782. The van der Waals surface area contributed by atoms with E-state index in [1.807, 2.05) is 55.6 Å². The maximum absolute atomic E-state index is 5.86. The van der Waals surface area contributed by atoms with E-state index in [4.69, 9.17) is 9.72 Å². The monoisotopic (exact) mass is 278 g/mol. The molecule has 3 aromatic rings. The zero-order valence-corrected chi connectivity index (χ0v) is 12.3. The molecular formula is C18H18N2O. The fourth-order valence-electron chi connectivity index (χ4n) is 2.33. The Hall–Kier alpha value is -2.39. The second-order valence-corrected chi connectivity index (χ2v) is 5.05. The van der Waals surface area contributed by atoms with Gasteiger partial charge in [-0.25, -0.2) is 0 Å². The van der Waals surface area contributed by atoms with Crippen LogP contribution in [0.4, 0.5) is 0 Å². The number of fused-ring (bicyclic) bond motifs is 1. The molecule has 3 heteroatoms. The Labute approximate surface area is 124 Å². The third-order valence-electron chi connectivity index (χ3n) is 3.40. The number of para-hydroxylation sites is 1. The Balaban J connectivity index is 1.95. The van der Waals surface area contributed by atoms with E-state index in [0.717, 1.165) is 34.6 Å². The molecule has 0 radical (unpaired) electrons. The van der Waals surface area contributed by atoms with Crippen LogP contribution in [0.5, 0.6) is 11.5 Å². The molecule has 0 aliphatic heterocycles. The molecule has 3 nitrogen and oxygen atoms in total. The molecule has 0 bridgehead atoms. The van der Waals surface area contributed by atoms with Crippen molar-refractivity contribution < 1.29 is 4.74 Å². The third-order valence-corrected chi connectivity index (χ3v) is 3.40. The highest BCUT2D eigenvalue weighted by Gasteiger charge is 2.05. The lowest BCUT2D eigenvalue weighted by Crippen LogP contribution is -2.08.